The van der Waals surface area contributed by atoms with Crippen molar-refractivity contribution in [2.75, 3.05) is 25.6 Å². The number of benzene rings is 2. The molecule has 34 heavy (non-hydrogen) atoms. The van der Waals surface area contributed by atoms with Gasteiger partial charge in [0.25, 0.3) is 5.91 Å². The Morgan fingerprint density at radius 1 is 1.06 bits per heavy atom. The lowest BCUT2D eigenvalue weighted by Gasteiger charge is -2.09. The van der Waals surface area contributed by atoms with Gasteiger partial charge in [0.05, 0.1) is 36.5 Å². The second-order valence-electron chi connectivity index (χ2n) is 7.63. The molecule has 1 heterocycles. The van der Waals surface area contributed by atoms with Crippen LogP contribution in [0.2, 0.25) is 0 Å². The summed E-state index contributed by atoms with van der Waals surface area (Å²) in [6.45, 7) is 7.69. The van der Waals surface area contributed by atoms with E-state index in [0.717, 1.165) is 22.5 Å². The Bertz CT molecular complexity index is 1200. The Labute approximate surface area is 199 Å². The van der Waals surface area contributed by atoms with E-state index in [-0.39, 0.29) is 0 Å². The van der Waals surface area contributed by atoms with Crippen molar-refractivity contribution in [3.8, 4) is 17.2 Å². The number of rotatable bonds is 9. The highest BCUT2D eigenvalue weighted by Crippen LogP contribution is 2.28. The first-order valence-electron chi connectivity index (χ1n) is 10.9. The fraction of sp³-hybridized carbons (Fsp3) is 0.269. The highest BCUT2D eigenvalue weighted by atomic mass is 16.5. The van der Waals surface area contributed by atoms with Crippen molar-refractivity contribution >= 4 is 23.6 Å². The Morgan fingerprint density at radius 2 is 1.79 bits per heavy atom. The normalized spacial score (nSPS) is 10.9. The number of aromatic nitrogens is 2. The van der Waals surface area contributed by atoms with Crippen LogP contribution in [0.25, 0.3) is 11.8 Å². The van der Waals surface area contributed by atoms with Gasteiger partial charge in [-0.25, -0.2) is 9.48 Å². The molecule has 0 spiro atoms. The van der Waals surface area contributed by atoms with Crippen molar-refractivity contribution in [1.29, 1.82) is 0 Å². The standard InChI is InChI=1S/C26H29N3O5/c1-6-33-22-13-9-20(15-23(22)32-5)10-14-25(31)34-16-24(30)27-26-18(3)28-29(19(26)4)21-11-7-17(2)8-12-21/h7-15H,6,16H2,1-5H3,(H,27,30)/b14-10+. The molecule has 0 aliphatic rings. The molecule has 0 atom stereocenters. The van der Waals surface area contributed by atoms with Gasteiger partial charge in [0.2, 0.25) is 0 Å². The lowest BCUT2D eigenvalue weighted by molar-refractivity contribution is -0.142. The molecule has 0 bridgehead atoms. The first-order valence-corrected chi connectivity index (χ1v) is 10.9. The van der Waals surface area contributed by atoms with Crippen molar-refractivity contribution in [3.63, 3.8) is 0 Å². The predicted octanol–water partition coefficient (Wildman–Crippen LogP) is 4.40. The summed E-state index contributed by atoms with van der Waals surface area (Å²) in [5.74, 6) is 0.109. The van der Waals surface area contributed by atoms with Crippen LogP contribution >= 0.6 is 0 Å². The van der Waals surface area contributed by atoms with Crippen molar-refractivity contribution in [1.82, 2.24) is 9.78 Å². The molecule has 0 saturated heterocycles. The third-order valence-corrected chi connectivity index (χ3v) is 5.08. The van der Waals surface area contributed by atoms with Crippen LogP contribution in [0.15, 0.2) is 48.5 Å². The molecule has 1 N–H and O–H groups in total. The van der Waals surface area contributed by atoms with E-state index < -0.39 is 18.5 Å². The molecule has 0 radical (unpaired) electrons. The Morgan fingerprint density at radius 3 is 2.47 bits per heavy atom. The lowest BCUT2D eigenvalue weighted by atomic mass is 10.2. The van der Waals surface area contributed by atoms with Gasteiger partial charge in [-0.05, 0) is 63.6 Å². The van der Waals surface area contributed by atoms with E-state index in [4.69, 9.17) is 14.2 Å². The van der Waals surface area contributed by atoms with Crippen LogP contribution in [0.3, 0.4) is 0 Å². The zero-order chi connectivity index (χ0) is 24.7. The molecular weight excluding hydrogens is 434 g/mol. The number of nitrogens with zero attached hydrogens (tertiary/aromatic N) is 2. The number of methoxy groups -OCH3 is 1. The topological polar surface area (TPSA) is 91.7 Å². The molecule has 0 saturated carbocycles. The molecule has 3 aromatic rings. The molecule has 0 unspecified atom stereocenters. The third-order valence-electron chi connectivity index (χ3n) is 5.08. The van der Waals surface area contributed by atoms with Crippen LogP contribution in [-0.2, 0) is 14.3 Å². The summed E-state index contributed by atoms with van der Waals surface area (Å²) in [6, 6.07) is 13.2. The smallest absolute Gasteiger partial charge is 0.331 e. The highest BCUT2D eigenvalue weighted by Gasteiger charge is 2.16. The maximum atomic E-state index is 12.4. The van der Waals surface area contributed by atoms with E-state index in [9.17, 15) is 9.59 Å². The highest BCUT2D eigenvalue weighted by molar-refractivity contribution is 5.95. The minimum Gasteiger partial charge on any atom is -0.493 e. The molecule has 178 valence electrons. The average Bonchev–Trinajstić information content (AvgIpc) is 3.11. The SMILES string of the molecule is CCOc1ccc(/C=C/C(=O)OCC(=O)Nc2c(C)nn(-c3ccc(C)cc3)c2C)cc1OC. The molecular formula is C26H29N3O5. The number of carbonyl (C=O) groups is 2. The van der Waals surface area contributed by atoms with E-state index in [1.807, 2.05) is 52.0 Å². The number of esters is 1. The second kappa shape index (κ2) is 11.2. The predicted molar refractivity (Wildman–Crippen MR) is 131 cm³/mol. The summed E-state index contributed by atoms with van der Waals surface area (Å²) in [4.78, 5) is 24.5. The van der Waals surface area contributed by atoms with Crippen LogP contribution in [-0.4, -0.2) is 42.0 Å². The fourth-order valence-electron chi connectivity index (χ4n) is 3.35. The molecule has 0 fully saturated rings. The number of nitrogens with one attached hydrogen (secondary N) is 1. The van der Waals surface area contributed by atoms with E-state index in [1.165, 1.54) is 6.08 Å². The molecule has 8 nitrogen and oxygen atoms in total. The van der Waals surface area contributed by atoms with Gasteiger partial charge in [-0.1, -0.05) is 23.8 Å². The Balaban J connectivity index is 1.58. The summed E-state index contributed by atoms with van der Waals surface area (Å²) < 4.78 is 17.6. The minimum atomic E-state index is -0.633. The third kappa shape index (κ3) is 6.04. The maximum absolute atomic E-state index is 12.4. The molecule has 8 heteroatoms. The van der Waals surface area contributed by atoms with E-state index in [0.29, 0.717) is 29.5 Å². The Hall–Kier alpha value is -4.07. The second-order valence-corrected chi connectivity index (χ2v) is 7.63. The number of amides is 1. The number of anilines is 1. The number of ether oxygens (including phenoxy) is 3. The molecule has 0 aliphatic carbocycles. The van der Waals surface area contributed by atoms with E-state index >= 15 is 0 Å². The van der Waals surface area contributed by atoms with Gasteiger partial charge in [-0.2, -0.15) is 5.10 Å². The summed E-state index contributed by atoms with van der Waals surface area (Å²) in [7, 11) is 1.55. The van der Waals surface area contributed by atoms with Crippen molar-refractivity contribution < 1.29 is 23.8 Å². The van der Waals surface area contributed by atoms with Crippen molar-refractivity contribution in [3.05, 3.63) is 71.1 Å². The molecule has 0 aliphatic heterocycles. The van der Waals surface area contributed by atoms with Crippen LogP contribution in [0.4, 0.5) is 5.69 Å². The molecule has 1 aromatic heterocycles. The molecule has 3 rings (SSSR count). The lowest BCUT2D eigenvalue weighted by Crippen LogP contribution is -2.20. The number of carbonyl (C=O) groups excluding carboxylic acids is 2. The van der Waals surface area contributed by atoms with Crippen LogP contribution in [0.5, 0.6) is 11.5 Å². The first kappa shape index (κ1) is 24.6. The minimum absolute atomic E-state index is 0.412. The van der Waals surface area contributed by atoms with Gasteiger partial charge >= 0.3 is 5.97 Å². The monoisotopic (exact) mass is 463 g/mol. The zero-order valence-corrected chi connectivity index (χ0v) is 20.0. The fourth-order valence-corrected chi connectivity index (χ4v) is 3.35. The van der Waals surface area contributed by atoms with Gasteiger partial charge in [-0.3, -0.25) is 4.79 Å². The van der Waals surface area contributed by atoms with Crippen LogP contribution in [0, 0.1) is 20.8 Å². The largest absolute Gasteiger partial charge is 0.493 e. The maximum Gasteiger partial charge on any atom is 0.331 e. The summed E-state index contributed by atoms with van der Waals surface area (Å²) in [5.41, 5.74) is 4.83. The van der Waals surface area contributed by atoms with Gasteiger partial charge in [0, 0.05) is 6.08 Å². The molecule has 2 aromatic carbocycles. The van der Waals surface area contributed by atoms with Gasteiger partial charge in [-0.15, -0.1) is 0 Å². The zero-order valence-electron chi connectivity index (χ0n) is 20.0. The van der Waals surface area contributed by atoms with Crippen molar-refractivity contribution in [2.45, 2.75) is 27.7 Å². The van der Waals surface area contributed by atoms with E-state index in [2.05, 4.69) is 10.4 Å². The Kier molecular flexibility index (Phi) is 8.08. The van der Waals surface area contributed by atoms with Gasteiger partial charge in [0.1, 0.15) is 0 Å². The van der Waals surface area contributed by atoms with Gasteiger partial charge < -0.3 is 19.5 Å². The summed E-state index contributed by atoms with van der Waals surface area (Å²) >= 11 is 0. The molecule has 1 amide bonds. The van der Waals surface area contributed by atoms with Crippen molar-refractivity contribution in [2.24, 2.45) is 0 Å². The summed E-state index contributed by atoms with van der Waals surface area (Å²) in [5, 5.41) is 7.31. The number of hydrogen-bond donors (Lipinski definition) is 1. The van der Waals surface area contributed by atoms with Crippen LogP contribution < -0.4 is 14.8 Å². The average molecular weight is 464 g/mol. The number of aryl methyl sites for hydroxylation is 2. The quantitative estimate of drug-likeness (QED) is 0.374. The summed E-state index contributed by atoms with van der Waals surface area (Å²) in [6.07, 6.45) is 2.84. The van der Waals surface area contributed by atoms with Crippen LogP contribution in [0.1, 0.15) is 29.4 Å². The first-order chi connectivity index (χ1) is 16.3. The number of hydrogen-bond acceptors (Lipinski definition) is 6. The van der Waals surface area contributed by atoms with E-state index in [1.54, 1.807) is 36.1 Å². The van der Waals surface area contributed by atoms with Gasteiger partial charge in [0.15, 0.2) is 18.1 Å².